The minimum Gasteiger partial charge on any atom is -0.379 e. The van der Waals surface area contributed by atoms with Gasteiger partial charge in [0.25, 0.3) is 0 Å². The van der Waals surface area contributed by atoms with Crippen molar-refractivity contribution < 1.29 is 17.9 Å². The smallest absolute Gasteiger partial charge is 0.379 e. The summed E-state index contributed by atoms with van der Waals surface area (Å²) in [4.78, 5) is 3.36. The highest BCUT2D eigenvalue weighted by atomic mass is 19.4. The fourth-order valence-corrected chi connectivity index (χ4v) is 2.58. The van der Waals surface area contributed by atoms with E-state index in [0.29, 0.717) is 18.7 Å². The standard InChI is InChI=1S/C14H15F3N4O/c1-21-11(3-6-19-21)13-10(4-7-22-13)20-9-2-5-18-12(8-9)14(15,16)17/h2-3,5-6,8,10,13H,4,7H2,1H3,(H,18,20)/t10-,13-/m0/s1. The molecule has 0 amide bonds. The molecule has 8 heteroatoms. The van der Waals surface area contributed by atoms with Gasteiger partial charge in [-0.15, -0.1) is 0 Å². The molecule has 3 rings (SSSR count). The van der Waals surface area contributed by atoms with Gasteiger partial charge < -0.3 is 10.1 Å². The number of nitrogens with one attached hydrogen (secondary N) is 1. The summed E-state index contributed by atoms with van der Waals surface area (Å²) in [5.41, 5.74) is 0.360. The fraction of sp³-hybridized carbons (Fsp3) is 0.429. The number of hydrogen-bond donors (Lipinski definition) is 1. The van der Waals surface area contributed by atoms with E-state index in [1.165, 1.54) is 6.07 Å². The van der Waals surface area contributed by atoms with E-state index >= 15 is 0 Å². The van der Waals surface area contributed by atoms with Crippen LogP contribution in [0.4, 0.5) is 18.9 Å². The molecule has 0 bridgehead atoms. The number of alkyl halides is 3. The second-order valence-corrected chi connectivity index (χ2v) is 5.14. The summed E-state index contributed by atoms with van der Waals surface area (Å²) < 4.78 is 45.5. The van der Waals surface area contributed by atoms with Crippen LogP contribution < -0.4 is 5.32 Å². The van der Waals surface area contributed by atoms with Crippen molar-refractivity contribution >= 4 is 5.69 Å². The highest BCUT2D eigenvalue weighted by molar-refractivity contribution is 5.45. The van der Waals surface area contributed by atoms with Gasteiger partial charge in [0.15, 0.2) is 0 Å². The Labute approximate surface area is 125 Å². The Morgan fingerprint density at radius 3 is 2.82 bits per heavy atom. The van der Waals surface area contributed by atoms with Crippen LogP contribution >= 0.6 is 0 Å². The molecule has 1 aliphatic heterocycles. The van der Waals surface area contributed by atoms with E-state index in [-0.39, 0.29) is 12.1 Å². The third-order valence-electron chi connectivity index (χ3n) is 3.64. The van der Waals surface area contributed by atoms with Gasteiger partial charge in [0.05, 0.1) is 11.7 Å². The number of nitrogens with zero attached hydrogens (tertiary/aromatic N) is 3. The lowest BCUT2D eigenvalue weighted by molar-refractivity contribution is -0.141. The summed E-state index contributed by atoms with van der Waals surface area (Å²) in [6.45, 7) is 0.546. The first-order chi connectivity index (χ1) is 10.4. The Hall–Kier alpha value is -2.09. The first-order valence-electron chi connectivity index (χ1n) is 6.84. The average molecular weight is 312 g/mol. The van der Waals surface area contributed by atoms with Gasteiger partial charge >= 0.3 is 6.18 Å². The van der Waals surface area contributed by atoms with Gasteiger partial charge in [0, 0.05) is 31.7 Å². The van der Waals surface area contributed by atoms with Crippen LogP contribution in [0.5, 0.6) is 0 Å². The molecule has 5 nitrogen and oxygen atoms in total. The first kappa shape index (κ1) is 14.8. The third kappa shape index (κ3) is 2.92. The van der Waals surface area contributed by atoms with E-state index in [4.69, 9.17) is 4.74 Å². The third-order valence-corrected chi connectivity index (χ3v) is 3.64. The largest absolute Gasteiger partial charge is 0.433 e. The summed E-state index contributed by atoms with van der Waals surface area (Å²) in [5, 5.41) is 7.21. The van der Waals surface area contributed by atoms with E-state index in [2.05, 4.69) is 15.4 Å². The van der Waals surface area contributed by atoms with Crippen molar-refractivity contribution in [2.24, 2.45) is 7.05 Å². The minimum absolute atomic E-state index is 0.112. The van der Waals surface area contributed by atoms with Crippen LogP contribution in [0.1, 0.15) is 23.9 Å². The number of pyridine rings is 1. The van der Waals surface area contributed by atoms with Crippen molar-refractivity contribution in [1.29, 1.82) is 0 Å². The average Bonchev–Trinajstić information content (AvgIpc) is 3.07. The molecule has 1 fully saturated rings. The van der Waals surface area contributed by atoms with Gasteiger partial charge in [-0.2, -0.15) is 18.3 Å². The molecular formula is C14H15F3N4O. The lowest BCUT2D eigenvalue weighted by Crippen LogP contribution is -2.25. The molecule has 0 radical (unpaired) electrons. The molecule has 0 aromatic carbocycles. The molecular weight excluding hydrogens is 297 g/mol. The molecule has 1 aliphatic rings. The van der Waals surface area contributed by atoms with E-state index in [1.807, 2.05) is 13.1 Å². The molecule has 1 N–H and O–H groups in total. The van der Waals surface area contributed by atoms with E-state index in [9.17, 15) is 13.2 Å². The number of halogens is 3. The number of aryl methyl sites for hydroxylation is 1. The summed E-state index contributed by atoms with van der Waals surface area (Å²) >= 11 is 0. The van der Waals surface area contributed by atoms with Crippen molar-refractivity contribution in [2.75, 3.05) is 11.9 Å². The minimum atomic E-state index is -4.45. The Bertz CT molecular complexity index is 656. The number of anilines is 1. The Morgan fingerprint density at radius 2 is 2.14 bits per heavy atom. The molecule has 2 aromatic rings. The van der Waals surface area contributed by atoms with Gasteiger partial charge in [-0.25, -0.2) is 0 Å². The SMILES string of the molecule is Cn1nccc1[C@H]1OCC[C@@H]1Nc1ccnc(C(F)(F)F)c1. The van der Waals surface area contributed by atoms with Crippen molar-refractivity contribution in [1.82, 2.24) is 14.8 Å². The topological polar surface area (TPSA) is 52.0 Å². The van der Waals surface area contributed by atoms with E-state index < -0.39 is 11.9 Å². The number of hydrogen-bond acceptors (Lipinski definition) is 4. The molecule has 118 valence electrons. The Kier molecular flexibility index (Phi) is 3.78. The van der Waals surface area contributed by atoms with Crippen LogP contribution in [-0.4, -0.2) is 27.4 Å². The molecule has 0 saturated carbocycles. The first-order valence-corrected chi connectivity index (χ1v) is 6.84. The summed E-state index contributed by atoms with van der Waals surface area (Å²) in [5.74, 6) is 0. The van der Waals surface area contributed by atoms with Crippen molar-refractivity contribution in [3.05, 3.63) is 42.0 Å². The maximum atomic E-state index is 12.7. The van der Waals surface area contributed by atoms with Crippen molar-refractivity contribution in [3.8, 4) is 0 Å². The highest BCUT2D eigenvalue weighted by Gasteiger charge is 2.34. The zero-order valence-corrected chi connectivity index (χ0v) is 11.8. The summed E-state index contributed by atoms with van der Waals surface area (Å²) in [7, 11) is 1.81. The summed E-state index contributed by atoms with van der Waals surface area (Å²) in [6.07, 6.45) is -1.16. The zero-order valence-electron chi connectivity index (χ0n) is 11.8. The lowest BCUT2D eigenvalue weighted by Gasteiger charge is -2.21. The Balaban J connectivity index is 1.79. The molecule has 2 aromatic heterocycles. The van der Waals surface area contributed by atoms with Crippen molar-refractivity contribution in [2.45, 2.75) is 24.7 Å². The van der Waals surface area contributed by atoms with E-state index in [1.54, 1.807) is 10.9 Å². The van der Waals surface area contributed by atoms with Crippen LogP contribution in [0.2, 0.25) is 0 Å². The molecule has 0 spiro atoms. The molecule has 22 heavy (non-hydrogen) atoms. The quantitative estimate of drug-likeness (QED) is 0.947. The van der Waals surface area contributed by atoms with Gasteiger partial charge in [-0.3, -0.25) is 9.67 Å². The van der Waals surface area contributed by atoms with E-state index in [0.717, 1.165) is 18.0 Å². The highest BCUT2D eigenvalue weighted by Crippen LogP contribution is 2.33. The lowest BCUT2D eigenvalue weighted by atomic mass is 10.1. The predicted octanol–water partition coefficient (Wildman–Crippen LogP) is 2.78. The predicted molar refractivity (Wildman–Crippen MR) is 73.2 cm³/mol. The maximum Gasteiger partial charge on any atom is 0.433 e. The van der Waals surface area contributed by atoms with Crippen LogP contribution in [0.3, 0.4) is 0 Å². The van der Waals surface area contributed by atoms with Gasteiger partial charge in [0.2, 0.25) is 0 Å². The molecule has 2 atom stereocenters. The van der Waals surface area contributed by atoms with Crippen LogP contribution in [-0.2, 0) is 18.0 Å². The van der Waals surface area contributed by atoms with Gasteiger partial charge in [-0.1, -0.05) is 0 Å². The van der Waals surface area contributed by atoms with Crippen LogP contribution in [0.25, 0.3) is 0 Å². The number of aromatic nitrogens is 3. The van der Waals surface area contributed by atoms with Gasteiger partial charge in [-0.05, 0) is 24.6 Å². The van der Waals surface area contributed by atoms with Crippen LogP contribution in [0.15, 0.2) is 30.6 Å². The number of ether oxygens (including phenoxy) is 1. The zero-order chi connectivity index (χ0) is 15.7. The molecule has 0 aliphatic carbocycles. The monoisotopic (exact) mass is 312 g/mol. The normalized spacial score (nSPS) is 22.0. The Morgan fingerprint density at radius 1 is 1.32 bits per heavy atom. The fourth-order valence-electron chi connectivity index (χ4n) is 2.58. The van der Waals surface area contributed by atoms with Crippen LogP contribution in [0, 0.1) is 0 Å². The van der Waals surface area contributed by atoms with Gasteiger partial charge in [0.1, 0.15) is 11.8 Å². The molecule has 3 heterocycles. The maximum absolute atomic E-state index is 12.7. The second-order valence-electron chi connectivity index (χ2n) is 5.14. The molecule has 0 unspecified atom stereocenters. The second kappa shape index (κ2) is 5.60. The number of rotatable bonds is 3. The summed E-state index contributed by atoms with van der Waals surface area (Å²) in [6, 6.07) is 4.27. The molecule has 1 saturated heterocycles. The van der Waals surface area contributed by atoms with Crippen molar-refractivity contribution in [3.63, 3.8) is 0 Å².